The van der Waals surface area contributed by atoms with E-state index in [1.165, 1.54) is 51.4 Å². The summed E-state index contributed by atoms with van der Waals surface area (Å²) in [5, 5.41) is 9.46. The Morgan fingerprint density at radius 3 is 1.81 bits per heavy atom. The first-order valence-corrected chi connectivity index (χ1v) is 11.2. The van der Waals surface area contributed by atoms with Crippen molar-refractivity contribution in [2.24, 2.45) is 23.7 Å². The van der Waals surface area contributed by atoms with Crippen molar-refractivity contribution in [3.8, 4) is 0 Å². The third kappa shape index (κ3) is 7.96. The van der Waals surface area contributed by atoms with Crippen LogP contribution in [0.25, 0.3) is 0 Å². The number of hydrogen-bond donors (Lipinski definition) is 1. The Balaban J connectivity index is 0.000000791. The first-order valence-electron chi connectivity index (χ1n) is 11.2. The summed E-state index contributed by atoms with van der Waals surface area (Å²) in [5.41, 5.74) is 0. The highest BCUT2D eigenvalue weighted by atomic mass is 16.5. The van der Waals surface area contributed by atoms with Crippen LogP contribution in [0.15, 0.2) is 25.3 Å². The van der Waals surface area contributed by atoms with Gasteiger partial charge in [0.05, 0.1) is 18.8 Å². The van der Waals surface area contributed by atoms with E-state index in [9.17, 15) is 5.11 Å². The predicted octanol–water partition coefficient (Wildman–Crippen LogP) is 6.54. The molecule has 0 spiro atoms. The summed E-state index contributed by atoms with van der Waals surface area (Å²) in [6.07, 6.45) is 18.1. The van der Waals surface area contributed by atoms with E-state index in [0.29, 0.717) is 6.61 Å². The second-order valence-corrected chi connectivity index (χ2v) is 8.18. The molecule has 1 N–H and O–H groups in total. The summed E-state index contributed by atoms with van der Waals surface area (Å²) in [6, 6.07) is 0. The Hall–Kier alpha value is -0.600. The summed E-state index contributed by atoms with van der Waals surface area (Å²) in [4.78, 5) is 0. The smallest absolute Gasteiger partial charge is 0.0775 e. The number of allylic oxidation sites excluding steroid dienone is 1. The lowest BCUT2D eigenvalue weighted by Gasteiger charge is -2.36. The normalized spacial score (nSPS) is 37.8. The van der Waals surface area contributed by atoms with Gasteiger partial charge in [0.2, 0.25) is 0 Å². The van der Waals surface area contributed by atoms with E-state index in [0.717, 1.165) is 36.5 Å². The van der Waals surface area contributed by atoms with Crippen LogP contribution in [0.4, 0.5) is 0 Å². The lowest BCUT2D eigenvalue weighted by atomic mass is 9.69. The molecule has 2 aliphatic carbocycles. The van der Waals surface area contributed by atoms with Crippen molar-refractivity contribution in [1.82, 2.24) is 0 Å². The van der Waals surface area contributed by atoms with Gasteiger partial charge in [0.25, 0.3) is 0 Å². The fourth-order valence-electron chi connectivity index (χ4n) is 4.76. The van der Waals surface area contributed by atoms with Gasteiger partial charge in [0.15, 0.2) is 0 Å². The molecule has 3 aliphatic rings. The topological polar surface area (TPSA) is 29.5 Å². The molecule has 2 heteroatoms. The van der Waals surface area contributed by atoms with E-state index in [1.807, 2.05) is 13.8 Å². The Bertz CT molecular complexity index is 354. The van der Waals surface area contributed by atoms with E-state index in [-0.39, 0.29) is 12.2 Å². The van der Waals surface area contributed by atoms with Crippen LogP contribution in [-0.2, 0) is 4.74 Å². The molecule has 2 saturated carbocycles. The summed E-state index contributed by atoms with van der Waals surface area (Å²) < 4.78 is 5.67. The maximum absolute atomic E-state index is 9.46. The minimum Gasteiger partial charge on any atom is -0.391 e. The van der Waals surface area contributed by atoms with Crippen LogP contribution >= 0.6 is 0 Å². The van der Waals surface area contributed by atoms with Gasteiger partial charge in [-0.15, -0.1) is 13.2 Å². The summed E-state index contributed by atoms with van der Waals surface area (Å²) in [7, 11) is 0. The van der Waals surface area contributed by atoms with Gasteiger partial charge in [-0.3, -0.25) is 0 Å². The average Bonchev–Trinajstić information content (AvgIpc) is 2.72. The van der Waals surface area contributed by atoms with Gasteiger partial charge < -0.3 is 9.84 Å². The highest BCUT2D eigenvalue weighted by Gasteiger charge is 2.29. The molecule has 3 fully saturated rings. The van der Waals surface area contributed by atoms with Crippen LogP contribution in [0.1, 0.15) is 85.0 Å². The molecular weight excluding hydrogens is 320 g/mol. The fraction of sp³-hybridized carbons (Fsp3) is 0.833. The molecular formula is C24H44O2. The van der Waals surface area contributed by atoms with Gasteiger partial charge in [-0.1, -0.05) is 45.8 Å². The molecule has 2 atom stereocenters. The Morgan fingerprint density at radius 2 is 1.31 bits per heavy atom. The first kappa shape index (κ1) is 23.4. The fourth-order valence-corrected chi connectivity index (χ4v) is 4.76. The maximum Gasteiger partial charge on any atom is 0.0775 e. The van der Waals surface area contributed by atoms with Crippen LogP contribution in [0, 0.1) is 23.7 Å². The van der Waals surface area contributed by atoms with E-state index >= 15 is 0 Å². The molecule has 0 aromatic heterocycles. The molecule has 2 unspecified atom stereocenters. The van der Waals surface area contributed by atoms with Crippen LogP contribution in [-0.4, -0.2) is 23.9 Å². The summed E-state index contributed by atoms with van der Waals surface area (Å²) in [6.45, 7) is 12.9. The maximum atomic E-state index is 9.46. The van der Waals surface area contributed by atoms with Crippen molar-refractivity contribution >= 4 is 0 Å². The van der Waals surface area contributed by atoms with Gasteiger partial charge in [-0.05, 0) is 75.0 Å². The van der Waals surface area contributed by atoms with Crippen molar-refractivity contribution in [2.75, 3.05) is 6.61 Å². The molecule has 152 valence electrons. The zero-order chi connectivity index (χ0) is 19.4. The van der Waals surface area contributed by atoms with Gasteiger partial charge in [0, 0.05) is 0 Å². The Labute approximate surface area is 163 Å². The van der Waals surface area contributed by atoms with Crippen molar-refractivity contribution in [3.05, 3.63) is 25.3 Å². The van der Waals surface area contributed by atoms with Gasteiger partial charge in [-0.25, -0.2) is 0 Å². The lowest BCUT2D eigenvalue weighted by Crippen LogP contribution is -2.28. The van der Waals surface area contributed by atoms with Gasteiger partial charge in [-0.2, -0.15) is 0 Å². The van der Waals surface area contributed by atoms with Crippen LogP contribution < -0.4 is 0 Å². The molecule has 1 saturated heterocycles. The average molecular weight is 365 g/mol. The molecule has 0 aromatic carbocycles. The number of aliphatic hydroxyl groups excluding tert-OH is 1. The van der Waals surface area contributed by atoms with Crippen molar-refractivity contribution in [3.63, 3.8) is 0 Å². The number of rotatable bonds is 3. The van der Waals surface area contributed by atoms with Gasteiger partial charge in [0.1, 0.15) is 0 Å². The highest BCUT2D eigenvalue weighted by Crippen LogP contribution is 2.41. The second kappa shape index (κ2) is 13.6. The molecule has 0 bridgehead atoms. The van der Waals surface area contributed by atoms with E-state index in [2.05, 4.69) is 32.2 Å². The Kier molecular flexibility index (Phi) is 12.2. The quantitative estimate of drug-likeness (QED) is 0.576. The zero-order valence-electron chi connectivity index (χ0n) is 17.7. The van der Waals surface area contributed by atoms with Crippen LogP contribution in [0.3, 0.4) is 0 Å². The van der Waals surface area contributed by atoms with E-state index in [1.54, 1.807) is 0 Å². The van der Waals surface area contributed by atoms with Crippen molar-refractivity contribution in [1.29, 1.82) is 0 Å². The van der Waals surface area contributed by atoms with Crippen LogP contribution in [0.5, 0.6) is 0 Å². The molecule has 26 heavy (non-hydrogen) atoms. The number of aliphatic hydroxyl groups is 1. The molecule has 0 aromatic rings. The van der Waals surface area contributed by atoms with E-state index in [4.69, 9.17) is 4.74 Å². The summed E-state index contributed by atoms with van der Waals surface area (Å²) >= 11 is 0. The molecule has 2 nitrogen and oxygen atoms in total. The molecule has 1 aliphatic heterocycles. The third-order valence-electron chi connectivity index (χ3n) is 6.43. The second-order valence-electron chi connectivity index (χ2n) is 8.18. The molecule has 0 radical (unpaired) electrons. The van der Waals surface area contributed by atoms with Crippen molar-refractivity contribution < 1.29 is 9.84 Å². The molecule has 1 heterocycles. The van der Waals surface area contributed by atoms with Crippen molar-refractivity contribution in [2.45, 2.75) is 97.2 Å². The molecule has 3 rings (SSSR count). The zero-order valence-corrected chi connectivity index (χ0v) is 17.7. The standard InChI is InChI=1S/C20H34O2.C2H6.C2H4/c1-15-2-7-17(8-3-15)18-9-4-16(5-10-18)6-12-20-13-11-19(21)14-22-20;2*1-2/h6,12,15-21H,2-5,7-11,13-14H2,1H3;1-2H3;1-2H2/b12-6+;;. The third-order valence-corrected chi connectivity index (χ3v) is 6.43. The minimum atomic E-state index is -0.238. The minimum absolute atomic E-state index is 0.238. The van der Waals surface area contributed by atoms with Gasteiger partial charge >= 0.3 is 0 Å². The predicted molar refractivity (Wildman–Crippen MR) is 113 cm³/mol. The summed E-state index contributed by atoms with van der Waals surface area (Å²) in [5.74, 6) is 3.79. The largest absolute Gasteiger partial charge is 0.391 e. The van der Waals surface area contributed by atoms with Crippen LogP contribution in [0.2, 0.25) is 0 Å². The highest BCUT2D eigenvalue weighted by molar-refractivity contribution is 4.97. The number of hydrogen-bond acceptors (Lipinski definition) is 2. The SMILES string of the molecule is C=C.CC.CC1CCC(C2CCC(/C=C/C3CCC(O)CO3)CC2)CC1. The first-order chi connectivity index (χ1) is 12.7. The number of ether oxygens (including phenoxy) is 1. The molecule has 0 amide bonds. The Morgan fingerprint density at radius 1 is 0.769 bits per heavy atom. The monoisotopic (exact) mass is 364 g/mol. The lowest BCUT2D eigenvalue weighted by molar-refractivity contribution is -0.0360. The van der Waals surface area contributed by atoms with E-state index < -0.39 is 0 Å².